The zero-order valence-electron chi connectivity index (χ0n) is 13.4. The number of hydrogen-bond donors (Lipinski definition) is 0. The van der Waals surface area contributed by atoms with Crippen LogP contribution in [0.2, 0.25) is 0 Å². The van der Waals surface area contributed by atoms with Crippen LogP contribution >= 0.6 is 23.9 Å². The topological polar surface area (TPSA) is 0 Å². The van der Waals surface area contributed by atoms with E-state index in [-0.39, 0.29) is 0 Å². The van der Waals surface area contributed by atoms with Gasteiger partial charge in [-0.05, 0) is 41.4 Å². The van der Waals surface area contributed by atoms with Crippen molar-refractivity contribution in [1.29, 1.82) is 0 Å². The van der Waals surface area contributed by atoms with E-state index in [1.807, 2.05) is 0 Å². The summed E-state index contributed by atoms with van der Waals surface area (Å²) >= 11 is 3.83. The molecule has 0 bridgehead atoms. The second-order valence-corrected chi connectivity index (χ2v) is 8.91. The van der Waals surface area contributed by atoms with Gasteiger partial charge in [0.25, 0.3) is 0 Å². The Hall–Kier alpha value is -1.43. The molecule has 0 nitrogen and oxygen atoms in total. The largest absolute Gasteiger partial charge is 0.0622 e. The van der Waals surface area contributed by atoms with E-state index in [9.17, 15) is 0 Å². The molecule has 3 aromatic rings. The maximum atomic E-state index is 3.83. The van der Waals surface area contributed by atoms with E-state index in [1.54, 1.807) is 0 Å². The highest BCUT2D eigenvalue weighted by Crippen LogP contribution is 2.36. The molecule has 0 aliphatic rings. The minimum Gasteiger partial charge on any atom is -0.0622 e. The molecule has 0 heterocycles. The first-order valence-electron chi connectivity index (χ1n) is 7.86. The van der Waals surface area contributed by atoms with Crippen molar-refractivity contribution >= 4 is 39.8 Å². The van der Waals surface area contributed by atoms with Crippen LogP contribution in [0.5, 0.6) is 0 Å². The third kappa shape index (κ3) is 3.74. The summed E-state index contributed by atoms with van der Waals surface area (Å²) in [6.45, 7) is 4.47. The Balaban J connectivity index is 2.13. The van der Waals surface area contributed by atoms with E-state index < -0.39 is 7.92 Å². The van der Waals surface area contributed by atoms with Gasteiger partial charge in [0.1, 0.15) is 0 Å². The fraction of sp³-hybridized carbons (Fsp3) is 0.143. The lowest BCUT2D eigenvalue weighted by Gasteiger charge is -2.21. The van der Waals surface area contributed by atoms with Gasteiger partial charge in [0.2, 0.25) is 0 Å². The Morgan fingerprint density at radius 1 is 0.739 bits per heavy atom. The Morgan fingerprint density at radius 3 is 1.70 bits per heavy atom. The maximum Gasteiger partial charge on any atom is 0.0261 e. The molecular weight excluding hydrogens is 363 g/mol. The first-order chi connectivity index (χ1) is 11.2. The van der Waals surface area contributed by atoms with Crippen LogP contribution in [0.3, 0.4) is 0 Å². The number of benzene rings is 3. The fourth-order valence-corrected chi connectivity index (χ4v) is 5.87. The van der Waals surface area contributed by atoms with Gasteiger partial charge in [-0.1, -0.05) is 103 Å². The van der Waals surface area contributed by atoms with E-state index in [0.29, 0.717) is 5.92 Å². The monoisotopic (exact) mass is 382 g/mol. The zero-order chi connectivity index (χ0) is 16.2. The smallest absolute Gasteiger partial charge is 0.0261 e. The standard InChI is InChI=1S/C21H20BrP/c1-16(2)17-13-14-21(20(22)15-17)23(18-9-5-3-6-10-18)19-11-7-4-8-12-19/h3-16H,1-2H3. The van der Waals surface area contributed by atoms with Crippen LogP contribution in [-0.4, -0.2) is 0 Å². The molecule has 0 aliphatic carbocycles. The van der Waals surface area contributed by atoms with Crippen molar-refractivity contribution in [3.05, 3.63) is 88.9 Å². The second-order valence-electron chi connectivity index (χ2n) is 5.87. The quantitative estimate of drug-likeness (QED) is 0.534. The molecule has 0 saturated carbocycles. The van der Waals surface area contributed by atoms with E-state index in [2.05, 4.69) is 109 Å². The average Bonchev–Trinajstić information content (AvgIpc) is 2.58. The van der Waals surface area contributed by atoms with Gasteiger partial charge in [-0.25, -0.2) is 0 Å². The molecule has 0 aromatic heterocycles. The summed E-state index contributed by atoms with van der Waals surface area (Å²) in [5.41, 5.74) is 1.37. The Morgan fingerprint density at radius 2 is 1.26 bits per heavy atom. The summed E-state index contributed by atoms with van der Waals surface area (Å²) in [7, 11) is -0.545. The summed E-state index contributed by atoms with van der Waals surface area (Å²) in [6.07, 6.45) is 0. The summed E-state index contributed by atoms with van der Waals surface area (Å²) in [6, 6.07) is 28.5. The Bertz CT molecular complexity index is 727. The van der Waals surface area contributed by atoms with Gasteiger partial charge in [-0.15, -0.1) is 0 Å². The minimum atomic E-state index is -0.545. The first kappa shape index (κ1) is 16.4. The average molecular weight is 383 g/mol. The van der Waals surface area contributed by atoms with E-state index >= 15 is 0 Å². The second kappa shape index (κ2) is 7.43. The molecule has 0 unspecified atom stereocenters. The lowest BCUT2D eigenvalue weighted by atomic mass is 10.0. The molecule has 116 valence electrons. The molecule has 3 aromatic carbocycles. The summed E-state index contributed by atoms with van der Waals surface area (Å²) in [5.74, 6) is 0.542. The van der Waals surface area contributed by atoms with Crippen LogP contribution in [0.15, 0.2) is 83.3 Å². The van der Waals surface area contributed by atoms with Crippen LogP contribution in [0.25, 0.3) is 0 Å². The molecule has 0 amide bonds. The van der Waals surface area contributed by atoms with E-state index in [4.69, 9.17) is 0 Å². The lowest BCUT2D eigenvalue weighted by molar-refractivity contribution is 0.866. The SMILES string of the molecule is CC(C)c1ccc(P(c2ccccc2)c2ccccc2)c(Br)c1. The van der Waals surface area contributed by atoms with Crippen molar-refractivity contribution < 1.29 is 0 Å². The summed E-state index contributed by atoms with van der Waals surface area (Å²) in [5, 5.41) is 4.14. The molecule has 0 fully saturated rings. The molecule has 3 rings (SSSR count). The summed E-state index contributed by atoms with van der Waals surface area (Å²) < 4.78 is 1.21. The molecule has 0 spiro atoms. The van der Waals surface area contributed by atoms with Gasteiger partial charge in [0.15, 0.2) is 0 Å². The van der Waals surface area contributed by atoms with Crippen molar-refractivity contribution in [3.63, 3.8) is 0 Å². The normalized spacial score (nSPS) is 11.2. The maximum absolute atomic E-state index is 3.83. The van der Waals surface area contributed by atoms with Crippen LogP contribution in [0.4, 0.5) is 0 Å². The molecule has 0 aliphatic heterocycles. The van der Waals surface area contributed by atoms with Gasteiger partial charge >= 0.3 is 0 Å². The predicted molar refractivity (Wildman–Crippen MR) is 107 cm³/mol. The number of rotatable bonds is 4. The first-order valence-corrected chi connectivity index (χ1v) is 10.00. The van der Waals surface area contributed by atoms with Gasteiger partial charge in [0.05, 0.1) is 0 Å². The molecular formula is C21H20BrP. The third-order valence-corrected chi connectivity index (χ3v) is 7.37. The predicted octanol–water partition coefficient (Wildman–Crippen LogP) is 5.33. The van der Waals surface area contributed by atoms with E-state index in [0.717, 1.165) is 0 Å². The number of halogens is 1. The van der Waals surface area contributed by atoms with Crippen LogP contribution in [0, 0.1) is 0 Å². The highest BCUT2D eigenvalue weighted by molar-refractivity contribution is 9.10. The van der Waals surface area contributed by atoms with Crippen LogP contribution in [0.1, 0.15) is 25.3 Å². The van der Waals surface area contributed by atoms with Crippen molar-refractivity contribution in [3.8, 4) is 0 Å². The molecule has 0 atom stereocenters. The molecule has 0 saturated heterocycles. The van der Waals surface area contributed by atoms with Crippen molar-refractivity contribution in [2.45, 2.75) is 19.8 Å². The van der Waals surface area contributed by atoms with Crippen molar-refractivity contribution in [2.75, 3.05) is 0 Å². The fourth-order valence-electron chi connectivity index (χ4n) is 2.64. The minimum absolute atomic E-state index is 0.542. The van der Waals surface area contributed by atoms with Gasteiger partial charge in [-0.3, -0.25) is 0 Å². The van der Waals surface area contributed by atoms with Crippen LogP contribution < -0.4 is 15.9 Å². The van der Waals surface area contributed by atoms with Crippen molar-refractivity contribution in [1.82, 2.24) is 0 Å². The third-order valence-electron chi connectivity index (χ3n) is 3.91. The lowest BCUT2D eigenvalue weighted by Crippen LogP contribution is -2.21. The van der Waals surface area contributed by atoms with Gasteiger partial charge in [0, 0.05) is 4.47 Å². The van der Waals surface area contributed by atoms with E-state index in [1.165, 1.54) is 25.9 Å². The Kier molecular flexibility index (Phi) is 5.30. The zero-order valence-corrected chi connectivity index (χ0v) is 15.9. The molecule has 0 N–H and O–H groups in total. The molecule has 23 heavy (non-hydrogen) atoms. The molecule has 2 heteroatoms. The van der Waals surface area contributed by atoms with Gasteiger partial charge < -0.3 is 0 Å². The van der Waals surface area contributed by atoms with Crippen LogP contribution in [-0.2, 0) is 0 Å². The highest BCUT2D eigenvalue weighted by Gasteiger charge is 2.19. The number of hydrogen-bond acceptors (Lipinski definition) is 0. The highest BCUT2D eigenvalue weighted by atomic mass is 79.9. The Labute approximate surface area is 148 Å². The summed E-state index contributed by atoms with van der Waals surface area (Å²) in [4.78, 5) is 0. The van der Waals surface area contributed by atoms with Gasteiger partial charge in [-0.2, -0.15) is 0 Å². The molecule has 0 radical (unpaired) electrons. The van der Waals surface area contributed by atoms with Crippen molar-refractivity contribution in [2.24, 2.45) is 0 Å².